The Balaban J connectivity index is 1.75. The second-order valence-electron chi connectivity index (χ2n) is 7.07. The summed E-state index contributed by atoms with van der Waals surface area (Å²) in [5, 5.41) is 0. The highest BCUT2D eigenvalue weighted by Crippen LogP contribution is 2.28. The van der Waals surface area contributed by atoms with Gasteiger partial charge in [-0.3, -0.25) is 4.79 Å². The Hall–Kier alpha value is -1.65. The smallest absolute Gasteiger partial charge is 0.193 e. The van der Waals surface area contributed by atoms with E-state index in [1.54, 1.807) is 6.07 Å². The molecule has 3 rings (SSSR count). The molecule has 0 aliphatic carbocycles. The van der Waals surface area contributed by atoms with Crippen molar-refractivity contribution in [3.63, 3.8) is 0 Å². The van der Waals surface area contributed by atoms with Gasteiger partial charge in [-0.15, -0.1) is 0 Å². The number of hydrogen-bond acceptors (Lipinski definition) is 3. The summed E-state index contributed by atoms with van der Waals surface area (Å²) in [4.78, 5) is 12.7. The van der Waals surface area contributed by atoms with Crippen LogP contribution in [0.25, 0.3) is 0 Å². The van der Waals surface area contributed by atoms with Gasteiger partial charge in [0.1, 0.15) is 18.5 Å². The number of halogens is 1. The molecule has 0 saturated carbocycles. The molecule has 1 aliphatic rings. The lowest BCUT2D eigenvalue weighted by atomic mass is 9.86. The van der Waals surface area contributed by atoms with E-state index in [1.807, 2.05) is 36.4 Å². The number of carbonyl (C=O) groups excluding carboxylic acids is 1. The monoisotopic (exact) mass is 388 g/mol. The molecule has 24 heavy (non-hydrogen) atoms. The second-order valence-corrected chi connectivity index (χ2v) is 7.92. The number of carbonyl (C=O) groups is 1. The van der Waals surface area contributed by atoms with Gasteiger partial charge in [0.05, 0.1) is 11.1 Å². The van der Waals surface area contributed by atoms with Crippen molar-refractivity contribution in [3.05, 3.63) is 63.6 Å². The van der Waals surface area contributed by atoms with Gasteiger partial charge in [-0.25, -0.2) is 0 Å². The fraction of sp³-hybridized carbons (Fsp3) is 0.350. The number of ether oxygens (including phenoxy) is 2. The third-order valence-corrected chi connectivity index (χ3v) is 4.65. The summed E-state index contributed by atoms with van der Waals surface area (Å²) in [5.41, 5.74) is 2.62. The maximum absolute atomic E-state index is 12.7. The first-order chi connectivity index (χ1) is 11.3. The van der Waals surface area contributed by atoms with Crippen molar-refractivity contribution in [2.45, 2.75) is 32.3 Å². The normalized spacial score (nSPS) is 16.8. The van der Waals surface area contributed by atoms with Crippen LogP contribution in [-0.4, -0.2) is 25.1 Å². The van der Waals surface area contributed by atoms with Gasteiger partial charge < -0.3 is 9.47 Å². The van der Waals surface area contributed by atoms with Gasteiger partial charge in [0.2, 0.25) is 0 Å². The molecule has 1 atom stereocenters. The molecule has 3 nitrogen and oxygen atoms in total. The molecule has 0 N–H and O–H groups in total. The van der Waals surface area contributed by atoms with E-state index in [-0.39, 0.29) is 17.3 Å². The molecule has 1 heterocycles. The van der Waals surface area contributed by atoms with Crippen LogP contribution in [0.2, 0.25) is 0 Å². The average molecular weight is 389 g/mol. The lowest BCUT2D eigenvalue weighted by Gasteiger charge is -2.19. The van der Waals surface area contributed by atoms with Crippen LogP contribution in [0.1, 0.15) is 42.3 Å². The minimum atomic E-state index is 0.00763. The van der Waals surface area contributed by atoms with Crippen molar-refractivity contribution in [1.29, 1.82) is 0 Å². The number of rotatable bonds is 5. The van der Waals surface area contributed by atoms with Crippen molar-refractivity contribution in [2.75, 3.05) is 13.2 Å². The maximum Gasteiger partial charge on any atom is 0.193 e. The van der Waals surface area contributed by atoms with Gasteiger partial charge in [-0.05, 0) is 45.1 Å². The highest BCUT2D eigenvalue weighted by molar-refractivity contribution is 9.10. The molecule has 0 spiro atoms. The molecule has 2 aromatic carbocycles. The summed E-state index contributed by atoms with van der Waals surface area (Å²) in [6.07, 6.45) is 0.208. The Morgan fingerprint density at radius 1 is 1.17 bits per heavy atom. The summed E-state index contributed by atoms with van der Waals surface area (Å²) in [5.74, 6) is 0.735. The Kier molecular flexibility index (Phi) is 4.79. The Morgan fingerprint density at radius 3 is 2.33 bits per heavy atom. The quantitative estimate of drug-likeness (QED) is 0.547. The van der Waals surface area contributed by atoms with Gasteiger partial charge in [0.15, 0.2) is 5.78 Å². The van der Waals surface area contributed by atoms with Crippen LogP contribution < -0.4 is 4.74 Å². The molecular weight excluding hydrogens is 368 g/mol. The van der Waals surface area contributed by atoms with E-state index in [0.717, 1.165) is 16.8 Å². The first-order valence-corrected chi connectivity index (χ1v) is 8.83. The number of epoxide rings is 1. The molecule has 1 unspecified atom stereocenters. The number of ketones is 1. The topological polar surface area (TPSA) is 38.8 Å². The number of benzene rings is 2. The van der Waals surface area contributed by atoms with Crippen LogP contribution in [0.5, 0.6) is 5.75 Å². The summed E-state index contributed by atoms with van der Waals surface area (Å²) in [7, 11) is 0. The van der Waals surface area contributed by atoms with Gasteiger partial charge in [0, 0.05) is 11.1 Å². The largest absolute Gasteiger partial charge is 0.490 e. The predicted molar refractivity (Wildman–Crippen MR) is 98.0 cm³/mol. The molecule has 0 aromatic heterocycles. The van der Waals surface area contributed by atoms with E-state index < -0.39 is 0 Å². The van der Waals surface area contributed by atoms with Crippen LogP contribution >= 0.6 is 15.9 Å². The second kappa shape index (κ2) is 6.69. The fourth-order valence-corrected chi connectivity index (χ4v) is 2.89. The van der Waals surface area contributed by atoms with Crippen LogP contribution in [0, 0.1) is 0 Å². The molecule has 0 radical (unpaired) electrons. The minimum absolute atomic E-state index is 0.00763. The third kappa shape index (κ3) is 4.05. The zero-order valence-electron chi connectivity index (χ0n) is 14.1. The molecule has 0 amide bonds. The molecule has 1 fully saturated rings. The van der Waals surface area contributed by atoms with E-state index in [2.05, 4.69) is 36.7 Å². The first kappa shape index (κ1) is 17.2. The standard InChI is InChI=1S/C20H21BrO3/c1-20(2,3)15-7-4-13(5-8-15)19(22)14-6-9-18(17(21)10-14)24-12-16-11-23-16/h4-10,16H,11-12H2,1-3H3. The van der Waals surface area contributed by atoms with Crippen molar-refractivity contribution in [3.8, 4) is 5.75 Å². The minimum Gasteiger partial charge on any atom is -0.490 e. The fourth-order valence-electron chi connectivity index (χ4n) is 2.39. The van der Waals surface area contributed by atoms with E-state index in [4.69, 9.17) is 9.47 Å². The highest BCUT2D eigenvalue weighted by atomic mass is 79.9. The lowest BCUT2D eigenvalue weighted by molar-refractivity contribution is 0.103. The molecule has 2 aromatic rings. The van der Waals surface area contributed by atoms with Crippen molar-refractivity contribution >= 4 is 21.7 Å². The zero-order chi connectivity index (χ0) is 17.3. The van der Waals surface area contributed by atoms with E-state index in [9.17, 15) is 4.79 Å². The molecule has 1 saturated heterocycles. The molecule has 4 heteroatoms. The van der Waals surface area contributed by atoms with Gasteiger partial charge in [-0.2, -0.15) is 0 Å². The van der Waals surface area contributed by atoms with Crippen LogP contribution in [0.3, 0.4) is 0 Å². The van der Waals surface area contributed by atoms with Gasteiger partial charge in [0.25, 0.3) is 0 Å². The molecule has 1 aliphatic heterocycles. The summed E-state index contributed by atoms with van der Waals surface area (Å²) in [6, 6.07) is 13.3. The van der Waals surface area contributed by atoms with Crippen LogP contribution in [-0.2, 0) is 10.2 Å². The van der Waals surface area contributed by atoms with Gasteiger partial charge in [-0.1, -0.05) is 45.0 Å². The van der Waals surface area contributed by atoms with Gasteiger partial charge >= 0.3 is 0 Å². The molecular formula is C20H21BrO3. The van der Waals surface area contributed by atoms with E-state index in [1.165, 1.54) is 5.56 Å². The Bertz CT molecular complexity index is 740. The van der Waals surface area contributed by atoms with E-state index >= 15 is 0 Å². The number of hydrogen-bond donors (Lipinski definition) is 0. The highest BCUT2D eigenvalue weighted by Gasteiger charge is 2.23. The maximum atomic E-state index is 12.7. The zero-order valence-corrected chi connectivity index (χ0v) is 15.7. The average Bonchev–Trinajstić information content (AvgIpc) is 3.36. The van der Waals surface area contributed by atoms with Crippen molar-refractivity contribution < 1.29 is 14.3 Å². The predicted octanol–water partition coefficient (Wildman–Crippen LogP) is 4.76. The summed E-state index contributed by atoms with van der Waals surface area (Å²) in [6.45, 7) is 7.78. The lowest BCUT2D eigenvalue weighted by Crippen LogP contribution is -2.11. The summed E-state index contributed by atoms with van der Waals surface area (Å²) < 4.78 is 11.6. The van der Waals surface area contributed by atoms with Crippen molar-refractivity contribution in [2.24, 2.45) is 0 Å². The molecule has 126 valence electrons. The van der Waals surface area contributed by atoms with Crippen LogP contribution in [0.15, 0.2) is 46.9 Å². The summed E-state index contributed by atoms with van der Waals surface area (Å²) >= 11 is 3.48. The molecule has 0 bridgehead atoms. The van der Waals surface area contributed by atoms with Crippen LogP contribution in [0.4, 0.5) is 0 Å². The first-order valence-electron chi connectivity index (χ1n) is 8.04. The third-order valence-electron chi connectivity index (χ3n) is 4.03. The van der Waals surface area contributed by atoms with E-state index in [0.29, 0.717) is 17.7 Å². The Labute approximate surface area is 151 Å². The van der Waals surface area contributed by atoms with Crippen molar-refractivity contribution in [1.82, 2.24) is 0 Å². The SMILES string of the molecule is CC(C)(C)c1ccc(C(=O)c2ccc(OCC3CO3)c(Br)c2)cc1. The Morgan fingerprint density at radius 2 is 1.79 bits per heavy atom.